The summed E-state index contributed by atoms with van der Waals surface area (Å²) in [4.78, 5) is 23.6. The molecule has 0 fully saturated rings. The zero-order valence-corrected chi connectivity index (χ0v) is 12.5. The smallest absolute Gasteiger partial charge is 0.266 e. The number of rotatable bonds is 4. The van der Waals surface area contributed by atoms with E-state index in [1.807, 2.05) is 12.1 Å². The second kappa shape index (κ2) is 7.57. The first-order valence-electron chi connectivity index (χ1n) is 6.94. The van der Waals surface area contributed by atoms with Crippen LogP contribution in [0.2, 0.25) is 0 Å². The second-order valence-corrected chi connectivity index (χ2v) is 4.69. The fourth-order valence-electron chi connectivity index (χ4n) is 1.91. The van der Waals surface area contributed by atoms with Gasteiger partial charge < -0.3 is 10.6 Å². The van der Waals surface area contributed by atoms with Gasteiger partial charge in [0.1, 0.15) is 11.6 Å². The second-order valence-electron chi connectivity index (χ2n) is 4.69. The highest BCUT2D eigenvalue weighted by molar-refractivity contribution is 6.09. The lowest BCUT2D eigenvalue weighted by Gasteiger charge is -2.04. The highest BCUT2D eigenvalue weighted by Gasteiger charge is 2.09. The van der Waals surface area contributed by atoms with Crippen LogP contribution < -0.4 is 10.6 Å². The van der Waals surface area contributed by atoms with Crippen LogP contribution in [0.5, 0.6) is 0 Å². The van der Waals surface area contributed by atoms with E-state index in [0.29, 0.717) is 16.8 Å². The molecule has 2 rings (SSSR count). The van der Waals surface area contributed by atoms with Gasteiger partial charge in [-0.2, -0.15) is 5.26 Å². The molecule has 5 heteroatoms. The van der Waals surface area contributed by atoms with Gasteiger partial charge in [0.25, 0.3) is 11.8 Å². The van der Waals surface area contributed by atoms with Crippen LogP contribution in [0, 0.1) is 11.3 Å². The molecule has 2 aromatic rings. The summed E-state index contributed by atoms with van der Waals surface area (Å²) in [5, 5.41) is 14.4. The van der Waals surface area contributed by atoms with E-state index in [0.717, 1.165) is 0 Å². The summed E-state index contributed by atoms with van der Waals surface area (Å²) in [5.74, 6) is -0.670. The molecule has 0 saturated carbocycles. The van der Waals surface area contributed by atoms with Crippen LogP contribution in [-0.2, 0) is 4.79 Å². The van der Waals surface area contributed by atoms with E-state index in [-0.39, 0.29) is 11.5 Å². The Bertz CT molecular complexity index is 772. The van der Waals surface area contributed by atoms with E-state index in [9.17, 15) is 14.9 Å². The summed E-state index contributed by atoms with van der Waals surface area (Å²) in [6.45, 7) is 0. The predicted molar refractivity (Wildman–Crippen MR) is 88.5 cm³/mol. The summed E-state index contributed by atoms with van der Waals surface area (Å²) in [6.07, 6.45) is 1.48. The average molecular weight is 305 g/mol. The Labute approximate surface area is 134 Å². The molecule has 0 heterocycles. The van der Waals surface area contributed by atoms with E-state index in [1.165, 1.54) is 6.08 Å². The number of nitriles is 1. The highest BCUT2D eigenvalue weighted by atomic mass is 16.2. The van der Waals surface area contributed by atoms with Gasteiger partial charge in [-0.05, 0) is 35.9 Å². The maximum absolute atomic E-state index is 12.1. The first-order chi connectivity index (χ1) is 11.1. The third-order valence-corrected chi connectivity index (χ3v) is 3.11. The normalized spacial score (nSPS) is 10.5. The minimum absolute atomic E-state index is 0.0125. The van der Waals surface area contributed by atoms with Crippen molar-refractivity contribution in [2.45, 2.75) is 0 Å². The van der Waals surface area contributed by atoms with Crippen LogP contribution in [0.4, 0.5) is 5.69 Å². The van der Waals surface area contributed by atoms with Crippen molar-refractivity contribution in [3.05, 3.63) is 71.3 Å². The van der Waals surface area contributed by atoms with Crippen LogP contribution in [0.3, 0.4) is 0 Å². The molecule has 0 radical (unpaired) electrons. The number of carbonyl (C=O) groups is 2. The van der Waals surface area contributed by atoms with Gasteiger partial charge in [0.15, 0.2) is 0 Å². The fraction of sp³-hybridized carbons (Fsp3) is 0.0556. The molecule has 2 aromatic carbocycles. The molecule has 0 spiro atoms. The summed E-state index contributed by atoms with van der Waals surface area (Å²) in [6, 6.07) is 17.4. The molecule has 2 N–H and O–H groups in total. The number of carbonyl (C=O) groups excluding carboxylic acids is 2. The van der Waals surface area contributed by atoms with E-state index >= 15 is 0 Å². The topological polar surface area (TPSA) is 82.0 Å². The minimum Gasteiger partial charge on any atom is -0.355 e. The molecular formula is C18H15N3O2. The standard InChI is InChI=1S/C18H15N3O2/c1-20-17(22)14-9-7-13(8-10-14)11-15(12-19)18(23)21-16-5-3-2-4-6-16/h2-11H,1H3,(H,20,22)(H,21,23). The summed E-state index contributed by atoms with van der Waals surface area (Å²) < 4.78 is 0. The number of hydrogen-bond acceptors (Lipinski definition) is 3. The molecule has 0 aliphatic heterocycles. The number of amides is 2. The van der Waals surface area contributed by atoms with Crippen LogP contribution in [-0.4, -0.2) is 18.9 Å². The molecule has 0 saturated heterocycles. The van der Waals surface area contributed by atoms with Crippen LogP contribution in [0.1, 0.15) is 15.9 Å². The van der Waals surface area contributed by atoms with Crippen molar-refractivity contribution in [2.24, 2.45) is 0 Å². The molecule has 114 valence electrons. The van der Waals surface area contributed by atoms with Crippen LogP contribution in [0.25, 0.3) is 6.08 Å². The van der Waals surface area contributed by atoms with E-state index < -0.39 is 5.91 Å². The van der Waals surface area contributed by atoms with Crippen molar-refractivity contribution in [1.29, 1.82) is 5.26 Å². The van der Waals surface area contributed by atoms with Crippen molar-refractivity contribution in [1.82, 2.24) is 5.32 Å². The number of nitrogens with one attached hydrogen (secondary N) is 2. The zero-order valence-electron chi connectivity index (χ0n) is 12.5. The molecule has 23 heavy (non-hydrogen) atoms. The lowest BCUT2D eigenvalue weighted by molar-refractivity contribution is -0.112. The molecular weight excluding hydrogens is 290 g/mol. The number of hydrogen-bond donors (Lipinski definition) is 2. The van der Waals surface area contributed by atoms with E-state index in [4.69, 9.17) is 0 Å². The number of para-hydroxylation sites is 1. The van der Waals surface area contributed by atoms with Crippen molar-refractivity contribution >= 4 is 23.6 Å². The van der Waals surface area contributed by atoms with Gasteiger partial charge in [0.2, 0.25) is 0 Å². The lowest BCUT2D eigenvalue weighted by Crippen LogP contribution is -2.17. The zero-order chi connectivity index (χ0) is 16.7. The van der Waals surface area contributed by atoms with E-state index in [1.54, 1.807) is 55.6 Å². The molecule has 5 nitrogen and oxygen atoms in total. The molecule has 0 atom stereocenters. The van der Waals surface area contributed by atoms with Crippen LogP contribution in [0.15, 0.2) is 60.2 Å². The Kier molecular flexibility index (Phi) is 5.26. The Balaban J connectivity index is 2.16. The quantitative estimate of drug-likeness (QED) is 0.673. The fourth-order valence-corrected chi connectivity index (χ4v) is 1.91. The first-order valence-corrected chi connectivity index (χ1v) is 6.94. The summed E-state index contributed by atoms with van der Waals surface area (Å²) in [5.41, 5.74) is 1.78. The van der Waals surface area contributed by atoms with Gasteiger partial charge in [0, 0.05) is 18.3 Å². The Hall–Kier alpha value is -3.39. The third-order valence-electron chi connectivity index (χ3n) is 3.11. The molecule has 0 aliphatic carbocycles. The highest BCUT2D eigenvalue weighted by Crippen LogP contribution is 2.12. The Morgan fingerprint density at radius 1 is 1.04 bits per heavy atom. The molecule has 0 unspecified atom stereocenters. The van der Waals surface area contributed by atoms with Crippen molar-refractivity contribution in [3.8, 4) is 6.07 Å². The van der Waals surface area contributed by atoms with Crippen LogP contribution >= 0.6 is 0 Å². The first kappa shape index (κ1) is 16.0. The number of benzene rings is 2. The molecule has 0 aliphatic rings. The third kappa shape index (κ3) is 4.29. The predicted octanol–water partition coefficient (Wildman–Crippen LogP) is 2.59. The number of anilines is 1. The maximum Gasteiger partial charge on any atom is 0.266 e. The summed E-state index contributed by atoms with van der Waals surface area (Å²) in [7, 11) is 1.55. The van der Waals surface area contributed by atoms with Gasteiger partial charge in [-0.25, -0.2) is 0 Å². The van der Waals surface area contributed by atoms with Crippen molar-refractivity contribution < 1.29 is 9.59 Å². The molecule has 0 aromatic heterocycles. The van der Waals surface area contributed by atoms with Gasteiger partial charge in [0.05, 0.1) is 0 Å². The lowest BCUT2D eigenvalue weighted by atomic mass is 10.1. The average Bonchev–Trinajstić information content (AvgIpc) is 2.60. The van der Waals surface area contributed by atoms with Crippen molar-refractivity contribution in [2.75, 3.05) is 12.4 Å². The van der Waals surface area contributed by atoms with Gasteiger partial charge in [-0.3, -0.25) is 9.59 Å². The van der Waals surface area contributed by atoms with Gasteiger partial charge in [-0.15, -0.1) is 0 Å². The largest absolute Gasteiger partial charge is 0.355 e. The summed E-state index contributed by atoms with van der Waals surface area (Å²) >= 11 is 0. The Morgan fingerprint density at radius 2 is 1.70 bits per heavy atom. The molecule has 2 amide bonds. The monoisotopic (exact) mass is 305 g/mol. The van der Waals surface area contributed by atoms with Gasteiger partial charge in [-0.1, -0.05) is 30.3 Å². The number of nitrogens with zero attached hydrogens (tertiary/aromatic N) is 1. The van der Waals surface area contributed by atoms with E-state index in [2.05, 4.69) is 10.6 Å². The maximum atomic E-state index is 12.1. The van der Waals surface area contributed by atoms with Crippen molar-refractivity contribution in [3.63, 3.8) is 0 Å². The Morgan fingerprint density at radius 3 is 2.26 bits per heavy atom. The van der Waals surface area contributed by atoms with Gasteiger partial charge >= 0.3 is 0 Å². The minimum atomic E-state index is -0.478. The molecule has 0 bridgehead atoms. The SMILES string of the molecule is CNC(=O)c1ccc(C=C(C#N)C(=O)Nc2ccccc2)cc1.